The molecule has 0 atom stereocenters. The van der Waals surface area contributed by atoms with Gasteiger partial charge in [0.1, 0.15) is 17.5 Å². The molecule has 2 aromatic rings. The van der Waals surface area contributed by atoms with Gasteiger partial charge in [0, 0.05) is 6.07 Å². The molecule has 0 saturated carbocycles. The number of ketones is 1. The number of benzene rings is 1. The summed E-state index contributed by atoms with van der Waals surface area (Å²) < 4.78 is 26.3. The Hall–Kier alpha value is -1.63. The molecule has 0 aliphatic carbocycles. The lowest BCUT2D eigenvalue weighted by atomic mass is 10.1. The van der Waals surface area contributed by atoms with Gasteiger partial charge in [-0.1, -0.05) is 0 Å². The van der Waals surface area contributed by atoms with E-state index in [1.807, 2.05) is 0 Å². The molecule has 4 nitrogen and oxygen atoms in total. The van der Waals surface area contributed by atoms with Crippen molar-refractivity contribution < 1.29 is 13.6 Å². The minimum Gasteiger partial charge on any atom is -0.294 e. The van der Waals surface area contributed by atoms with E-state index in [1.54, 1.807) is 0 Å². The number of carbonyl (C=O) groups is 1. The lowest BCUT2D eigenvalue weighted by Crippen LogP contribution is -2.07. The number of H-pyrrole nitrogens is 1. The van der Waals surface area contributed by atoms with Crippen LogP contribution < -0.4 is 0 Å². The van der Waals surface area contributed by atoms with Crippen LogP contribution in [-0.2, 0) is 6.42 Å². The highest BCUT2D eigenvalue weighted by Crippen LogP contribution is 2.12. The number of carbonyl (C=O) groups excluding carboxylic acids is 1. The van der Waals surface area contributed by atoms with Crippen molar-refractivity contribution in [3.8, 4) is 0 Å². The molecule has 0 spiro atoms. The summed E-state index contributed by atoms with van der Waals surface area (Å²) in [6, 6.07) is 2.81. The highest BCUT2D eigenvalue weighted by Gasteiger charge is 2.14. The monoisotopic (exact) mass is 301 g/mol. The predicted molar refractivity (Wildman–Crippen MR) is 58.5 cm³/mol. The Balaban J connectivity index is 2.20. The van der Waals surface area contributed by atoms with Crippen molar-refractivity contribution in [2.45, 2.75) is 6.42 Å². The number of aromatic nitrogens is 3. The molecule has 0 radical (unpaired) electrons. The maximum atomic E-state index is 13.3. The molecular weight excluding hydrogens is 296 g/mol. The first-order valence-electron chi connectivity index (χ1n) is 4.61. The van der Waals surface area contributed by atoms with Crippen molar-refractivity contribution in [3.05, 3.63) is 46.0 Å². The Morgan fingerprint density at radius 1 is 1.41 bits per heavy atom. The zero-order valence-electron chi connectivity index (χ0n) is 8.38. The van der Waals surface area contributed by atoms with Crippen LogP contribution >= 0.6 is 15.9 Å². The van der Waals surface area contributed by atoms with Crippen molar-refractivity contribution in [1.29, 1.82) is 0 Å². The summed E-state index contributed by atoms with van der Waals surface area (Å²) >= 11 is 3.01. The molecule has 0 saturated heterocycles. The standard InChI is InChI=1S/C10H6BrF2N3O/c11-10-14-9(15-16-10)4-8(17)6-2-1-5(12)3-7(6)13/h1-3H,4H2,(H,14,15,16). The summed E-state index contributed by atoms with van der Waals surface area (Å²) in [5.41, 5.74) is -0.168. The first kappa shape index (κ1) is 11.8. The zero-order valence-corrected chi connectivity index (χ0v) is 9.96. The molecule has 1 aromatic heterocycles. The van der Waals surface area contributed by atoms with E-state index >= 15 is 0 Å². The summed E-state index contributed by atoms with van der Waals surface area (Å²) in [6.45, 7) is 0. The van der Waals surface area contributed by atoms with Crippen molar-refractivity contribution >= 4 is 21.7 Å². The quantitative estimate of drug-likeness (QED) is 0.885. The van der Waals surface area contributed by atoms with Crippen LogP contribution in [0.3, 0.4) is 0 Å². The van der Waals surface area contributed by atoms with Gasteiger partial charge in [-0.15, -0.1) is 5.10 Å². The number of nitrogens with zero attached hydrogens (tertiary/aromatic N) is 2. The largest absolute Gasteiger partial charge is 0.294 e. The van der Waals surface area contributed by atoms with Crippen LogP contribution in [0.4, 0.5) is 8.78 Å². The first-order chi connectivity index (χ1) is 8.06. The molecular formula is C10H6BrF2N3O. The van der Waals surface area contributed by atoms with Crippen LogP contribution in [0.1, 0.15) is 16.2 Å². The van der Waals surface area contributed by atoms with Gasteiger partial charge in [-0.2, -0.15) is 0 Å². The molecule has 2 rings (SSSR count). The molecule has 0 aliphatic heterocycles. The second-order valence-corrected chi connectivity index (χ2v) is 3.98. The van der Waals surface area contributed by atoms with E-state index < -0.39 is 17.4 Å². The topological polar surface area (TPSA) is 58.6 Å². The molecule has 1 heterocycles. The van der Waals surface area contributed by atoms with Crippen LogP contribution in [0, 0.1) is 11.6 Å². The summed E-state index contributed by atoms with van der Waals surface area (Å²) in [4.78, 5) is 15.5. The summed E-state index contributed by atoms with van der Waals surface area (Å²) in [6.07, 6.45) is -0.124. The number of aromatic amines is 1. The second kappa shape index (κ2) is 4.70. The Morgan fingerprint density at radius 3 is 2.76 bits per heavy atom. The van der Waals surface area contributed by atoms with Crippen LogP contribution in [-0.4, -0.2) is 21.0 Å². The van der Waals surface area contributed by atoms with E-state index in [0.717, 1.165) is 12.1 Å². The maximum Gasteiger partial charge on any atom is 0.217 e. The molecule has 1 aromatic carbocycles. The van der Waals surface area contributed by atoms with Crippen molar-refractivity contribution in [2.24, 2.45) is 0 Å². The van der Waals surface area contributed by atoms with Crippen LogP contribution in [0.15, 0.2) is 22.9 Å². The third-order valence-corrected chi connectivity index (χ3v) is 2.42. The molecule has 88 valence electrons. The van der Waals surface area contributed by atoms with Crippen LogP contribution in [0.5, 0.6) is 0 Å². The lowest BCUT2D eigenvalue weighted by molar-refractivity contribution is 0.0987. The number of halogens is 3. The van der Waals surface area contributed by atoms with Crippen LogP contribution in [0.2, 0.25) is 0 Å². The molecule has 0 amide bonds. The minimum absolute atomic E-state index is 0.124. The zero-order chi connectivity index (χ0) is 12.4. The van der Waals surface area contributed by atoms with E-state index in [9.17, 15) is 13.6 Å². The van der Waals surface area contributed by atoms with Gasteiger partial charge < -0.3 is 0 Å². The average molecular weight is 302 g/mol. The van der Waals surface area contributed by atoms with E-state index in [0.29, 0.717) is 16.6 Å². The first-order valence-corrected chi connectivity index (χ1v) is 5.40. The van der Waals surface area contributed by atoms with Gasteiger partial charge >= 0.3 is 0 Å². The number of rotatable bonds is 3. The van der Waals surface area contributed by atoms with E-state index in [2.05, 4.69) is 31.1 Å². The maximum absolute atomic E-state index is 13.3. The average Bonchev–Trinajstić information content (AvgIpc) is 2.63. The summed E-state index contributed by atoms with van der Waals surface area (Å²) in [5.74, 6) is -1.79. The minimum atomic E-state index is -0.881. The molecule has 0 unspecified atom stereocenters. The normalized spacial score (nSPS) is 10.5. The van der Waals surface area contributed by atoms with Crippen LogP contribution in [0.25, 0.3) is 0 Å². The van der Waals surface area contributed by atoms with Gasteiger partial charge in [-0.05, 0) is 28.1 Å². The third-order valence-electron chi connectivity index (χ3n) is 2.06. The highest BCUT2D eigenvalue weighted by molar-refractivity contribution is 9.10. The van der Waals surface area contributed by atoms with Crippen molar-refractivity contribution in [1.82, 2.24) is 15.2 Å². The fourth-order valence-corrected chi connectivity index (χ4v) is 1.62. The number of hydrogen-bond acceptors (Lipinski definition) is 3. The molecule has 0 fully saturated rings. The SMILES string of the molecule is O=C(Cc1nc(Br)n[nH]1)c1ccc(F)cc1F. The van der Waals surface area contributed by atoms with Crippen molar-refractivity contribution in [2.75, 3.05) is 0 Å². The molecule has 1 N–H and O–H groups in total. The highest BCUT2D eigenvalue weighted by atomic mass is 79.9. The summed E-state index contributed by atoms with van der Waals surface area (Å²) in [7, 11) is 0. The van der Waals surface area contributed by atoms with E-state index in [4.69, 9.17) is 0 Å². The van der Waals surface area contributed by atoms with Gasteiger partial charge in [0.15, 0.2) is 5.78 Å². The van der Waals surface area contributed by atoms with Gasteiger partial charge in [0.25, 0.3) is 0 Å². The number of nitrogens with one attached hydrogen (secondary N) is 1. The fourth-order valence-electron chi connectivity index (χ4n) is 1.31. The lowest BCUT2D eigenvalue weighted by Gasteiger charge is -2.00. The molecule has 0 bridgehead atoms. The Bertz CT molecular complexity index is 570. The van der Waals surface area contributed by atoms with Gasteiger partial charge in [0.05, 0.1) is 12.0 Å². The predicted octanol–water partition coefficient (Wildman–Crippen LogP) is 2.27. The number of hydrogen-bond donors (Lipinski definition) is 1. The van der Waals surface area contributed by atoms with E-state index in [1.165, 1.54) is 0 Å². The Morgan fingerprint density at radius 2 is 2.18 bits per heavy atom. The molecule has 17 heavy (non-hydrogen) atoms. The number of Topliss-reactive ketones (excluding diaryl/α,β-unsaturated/α-hetero) is 1. The van der Waals surface area contributed by atoms with Crippen molar-refractivity contribution in [3.63, 3.8) is 0 Å². The van der Waals surface area contributed by atoms with Gasteiger partial charge in [0.2, 0.25) is 4.73 Å². The Kier molecular flexibility index (Phi) is 3.28. The second-order valence-electron chi connectivity index (χ2n) is 3.28. The van der Waals surface area contributed by atoms with Gasteiger partial charge in [-0.25, -0.2) is 13.8 Å². The van der Waals surface area contributed by atoms with E-state index in [-0.39, 0.29) is 12.0 Å². The Labute approximate surface area is 103 Å². The molecule has 0 aliphatic rings. The molecule has 7 heteroatoms. The third kappa shape index (κ3) is 2.73. The van der Waals surface area contributed by atoms with Gasteiger partial charge in [-0.3, -0.25) is 9.89 Å². The smallest absolute Gasteiger partial charge is 0.217 e. The fraction of sp³-hybridized carbons (Fsp3) is 0.100. The summed E-state index contributed by atoms with van der Waals surface area (Å²) in [5, 5.41) is 6.19.